The average Bonchev–Trinajstić information content (AvgIpc) is 3.10. The topological polar surface area (TPSA) is 73.9 Å². The molecule has 3 aromatic rings. The molecule has 0 radical (unpaired) electrons. The standard InChI is InChI=1S/C22H29N5O/c1-4-12-27(13-5-2)22-25-16(3)14-20(26-22)21(28)23-11-10-17-15-24-19-9-7-6-8-18(17)19/h6-9,14-15,24H,4-5,10-13H2,1-3H3,(H,23,28). The highest BCUT2D eigenvalue weighted by Crippen LogP contribution is 2.18. The van der Waals surface area contributed by atoms with E-state index in [9.17, 15) is 4.79 Å². The molecule has 1 aromatic carbocycles. The molecule has 2 aromatic heterocycles. The Morgan fingerprint density at radius 1 is 1.14 bits per heavy atom. The Kier molecular flexibility index (Phi) is 6.63. The van der Waals surface area contributed by atoms with Crippen molar-refractivity contribution in [2.24, 2.45) is 0 Å². The maximum atomic E-state index is 12.7. The lowest BCUT2D eigenvalue weighted by molar-refractivity contribution is 0.0949. The summed E-state index contributed by atoms with van der Waals surface area (Å²) in [6, 6.07) is 9.95. The Morgan fingerprint density at radius 3 is 2.64 bits per heavy atom. The van der Waals surface area contributed by atoms with Crippen LogP contribution >= 0.6 is 0 Å². The van der Waals surface area contributed by atoms with Crippen molar-refractivity contribution >= 4 is 22.8 Å². The van der Waals surface area contributed by atoms with E-state index in [1.807, 2.05) is 25.3 Å². The van der Waals surface area contributed by atoms with Crippen LogP contribution in [0.2, 0.25) is 0 Å². The zero-order valence-electron chi connectivity index (χ0n) is 17.0. The first-order valence-corrected chi connectivity index (χ1v) is 10.1. The van der Waals surface area contributed by atoms with Crippen LogP contribution in [-0.4, -0.2) is 40.5 Å². The minimum Gasteiger partial charge on any atom is -0.361 e. The van der Waals surface area contributed by atoms with Gasteiger partial charge in [-0.2, -0.15) is 0 Å². The number of fused-ring (bicyclic) bond motifs is 1. The fourth-order valence-corrected chi connectivity index (χ4v) is 3.40. The van der Waals surface area contributed by atoms with Gasteiger partial charge >= 0.3 is 0 Å². The number of aromatic amines is 1. The number of rotatable bonds is 9. The van der Waals surface area contributed by atoms with Crippen LogP contribution in [0.15, 0.2) is 36.5 Å². The summed E-state index contributed by atoms with van der Waals surface area (Å²) in [6.07, 6.45) is 4.81. The molecule has 6 heteroatoms. The molecule has 0 fully saturated rings. The second kappa shape index (κ2) is 9.35. The van der Waals surface area contributed by atoms with Gasteiger partial charge < -0.3 is 15.2 Å². The van der Waals surface area contributed by atoms with Gasteiger partial charge in [-0.3, -0.25) is 4.79 Å². The lowest BCUT2D eigenvalue weighted by atomic mass is 10.1. The quantitative estimate of drug-likeness (QED) is 0.592. The van der Waals surface area contributed by atoms with Crippen LogP contribution in [0, 0.1) is 6.92 Å². The van der Waals surface area contributed by atoms with E-state index in [0.717, 1.165) is 43.6 Å². The van der Waals surface area contributed by atoms with Gasteiger partial charge in [0, 0.05) is 42.4 Å². The van der Waals surface area contributed by atoms with Crippen molar-refractivity contribution in [1.29, 1.82) is 0 Å². The third-order valence-electron chi connectivity index (χ3n) is 4.70. The summed E-state index contributed by atoms with van der Waals surface area (Å²) in [7, 11) is 0. The minimum atomic E-state index is -0.153. The summed E-state index contributed by atoms with van der Waals surface area (Å²) >= 11 is 0. The van der Waals surface area contributed by atoms with Crippen molar-refractivity contribution in [3.63, 3.8) is 0 Å². The van der Waals surface area contributed by atoms with E-state index >= 15 is 0 Å². The van der Waals surface area contributed by atoms with E-state index < -0.39 is 0 Å². The molecule has 6 nitrogen and oxygen atoms in total. The Morgan fingerprint density at radius 2 is 1.89 bits per heavy atom. The van der Waals surface area contributed by atoms with E-state index in [2.05, 4.69) is 51.1 Å². The molecule has 2 heterocycles. The largest absolute Gasteiger partial charge is 0.361 e. The number of anilines is 1. The van der Waals surface area contributed by atoms with Gasteiger partial charge in [0.15, 0.2) is 0 Å². The van der Waals surface area contributed by atoms with E-state index in [0.29, 0.717) is 18.2 Å². The first-order valence-electron chi connectivity index (χ1n) is 10.1. The van der Waals surface area contributed by atoms with Crippen LogP contribution in [0.4, 0.5) is 5.95 Å². The number of amides is 1. The fourth-order valence-electron chi connectivity index (χ4n) is 3.40. The highest BCUT2D eigenvalue weighted by atomic mass is 16.1. The van der Waals surface area contributed by atoms with Crippen molar-refractivity contribution in [2.75, 3.05) is 24.5 Å². The molecule has 0 saturated heterocycles. The van der Waals surface area contributed by atoms with Crippen molar-refractivity contribution in [2.45, 2.75) is 40.0 Å². The van der Waals surface area contributed by atoms with E-state index in [4.69, 9.17) is 0 Å². The van der Waals surface area contributed by atoms with Gasteiger partial charge in [0.05, 0.1) is 0 Å². The first kappa shape index (κ1) is 19.9. The van der Waals surface area contributed by atoms with Crippen molar-refractivity contribution in [1.82, 2.24) is 20.3 Å². The zero-order valence-corrected chi connectivity index (χ0v) is 17.0. The number of H-pyrrole nitrogens is 1. The third kappa shape index (κ3) is 4.68. The third-order valence-corrected chi connectivity index (χ3v) is 4.70. The normalized spacial score (nSPS) is 11.0. The maximum Gasteiger partial charge on any atom is 0.270 e. The van der Waals surface area contributed by atoms with Crippen molar-refractivity contribution in [3.8, 4) is 0 Å². The molecule has 0 bridgehead atoms. The molecule has 2 N–H and O–H groups in total. The van der Waals surface area contributed by atoms with Crippen LogP contribution in [0.25, 0.3) is 10.9 Å². The maximum absolute atomic E-state index is 12.7. The second-order valence-electron chi connectivity index (χ2n) is 7.05. The van der Waals surface area contributed by atoms with E-state index in [-0.39, 0.29) is 5.91 Å². The van der Waals surface area contributed by atoms with Gasteiger partial charge in [-0.15, -0.1) is 0 Å². The molecule has 0 unspecified atom stereocenters. The Hall–Kier alpha value is -2.89. The van der Waals surface area contributed by atoms with Gasteiger partial charge in [0.1, 0.15) is 5.69 Å². The van der Waals surface area contributed by atoms with Crippen LogP contribution in [0.1, 0.15) is 48.4 Å². The molecule has 0 saturated carbocycles. The van der Waals surface area contributed by atoms with Gasteiger partial charge in [-0.05, 0) is 43.9 Å². The molecular formula is C22H29N5O. The van der Waals surface area contributed by atoms with Crippen LogP contribution in [0.5, 0.6) is 0 Å². The van der Waals surface area contributed by atoms with Gasteiger partial charge in [-0.1, -0.05) is 32.0 Å². The summed E-state index contributed by atoms with van der Waals surface area (Å²) in [6.45, 7) is 8.52. The van der Waals surface area contributed by atoms with Crippen LogP contribution < -0.4 is 10.2 Å². The molecule has 148 valence electrons. The average molecular weight is 380 g/mol. The first-order chi connectivity index (χ1) is 13.6. The SMILES string of the molecule is CCCN(CCC)c1nc(C)cc(C(=O)NCCc2c[nH]c3ccccc23)n1. The Bertz CT molecular complexity index is 928. The number of carbonyl (C=O) groups is 1. The molecule has 0 aliphatic carbocycles. The summed E-state index contributed by atoms with van der Waals surface area (Å²) in [5.41, 5.74) is 3.56. The predicted molar refractivity (Wildman–Crippen MR) is 114 cm³/mol. The van der Waals surface area contributed by atoms with Gasteiger partial charge in [0.25, 0.3) is 5.91 Å². The number of benzene rings is 1. The van der Waals surface area contributed by atoms with Crippen LogP contribution in [0.3, 0.4) is 0 Å². The zero-order chi connectivity index (χ0) is 19.9. The smallest absolute Gasteiger partial charge is 0.270 e. The predicted octanol–water partition coefficient (Wildman–Crippen LogP) is 3.87. The lowest BCUT2D eigenvalue weighted by Crippen LogP contribution is -2.30. The Labute approximate surface area is 166 Å². The summed E-state index contributed by atoms with van der Waals surface area (Å²) in [4.78, 5) is 27.1. The molecular weight excluding hydrogens is 350 g/mol. The Balaban J connectivity index is 1.66. The summed E-state index contributed by atoms with van der Waals surface area (Å²) < 4.78 is 0. The fraction of sp³-hybridized carbons (Fsp3) is 0.409. The number of aryl methyl sites for hydroxylation is 1. The number of nitrogens with one attached hydrogen (secondary N) is 2. The molecule has 1 amide bonds. The van der Waals surface area contributed by atoms with E-state index in [1.165, 1.54) is 10.9 Å². The molecule has 0 aliphatic heterocycles. The van der Waals surface area contributed by atoms with Crippen molar-refractivity contribution in [3.05, 3.63) is 53.5 Å². The number of para-hydroxylation sites is 1. The molecule has 3 rings (SSSR count). The van der Waals surface area contributed by atoms with E-state index in [1.54, 1.807) is 6.07 Å². The number of hydrogen-bond donors (Lipinski definition) is 2. The molecule has 0 aliphatic rings. The monoisotopic (exact) mass is 379 g/mol. The highest BCUT2D eigenvalue weighted by molar-refractivity contribution is 5.92. The van der Waals surface area contributed by atoms with Gasteiger partial charge in [-0.25, -0.2) is 9.97 Å². The number of nitrogens with zero attached hydrogens (tertiary/aromatic N) is 3. The lowest BCUT2D eigenvalue weighted by Gasteiger charge is -2.22. The molecule has 0 atom stereocenters. The highest BCUT2D eigenvalue weighted by Gasteiger charge is 2.14. The van der Waals surface area contributed by atoms with Crippen molar-refractivity contribution < 1.29 is 4.79 Å². The number of aromatic nitrogens is 3. The summed E-state index contributed by atoms with van der Waals surface area (Å²) in [5, 5.41) is 4.20. The number of hydrogen-bond acceptors (Lipinski definition) is 4. The molecule has 0 spiro atoms. The van der Waals surface area contributed by atoms with Gasteiger partial charge in [0.2, 0.25) is 5.95 Å². The second-order valence-corrected chi connectivity index (χ2v) is 7.05. The minimum absolute atomic E-state index is 0.153. The molecule has 28 heavy (non-hydrogen) atoms. The summed E-state index contributed by atoms with van der Waals surface area (Å²) in [5.74, 6) is 0.491. The van der Waals surface area contributed by atoms with Crippen LogP contribution in [-0.2, 0) is 6.42 Å². The number of carbonyl (C=O) groups excluding carboxylic acids is 1.